The van der Waals surface area contributed by atoms with Crippen LogP contribution >= 0.6 is 0 Å². The van der Waals surface area contributed by atoms with E-state index in [2.05, 4.69) is 16.0 Å². The lowest BCUT2D eigenvalue weighted by Gasteiger charge is -2.26. The van der Waals surface area contributed by atoms with Crippen LogP contribution in [0.5, 0.6) is 0 Å². The molecule has 2 rings (SSSR count). The molecule has 2 aromatic carbocycles. The van der Waals surface area contributed by atoms with E-state index in [1.165, 1.54) is 6.92 Å². The van der Waals surface area contributed by atoms with Gasteiger partial charge in [-0.2, -0.15) is 0 Å². The Balaban J connectivity index is 2.10. The van der Waals surface area contributed by atoms with E-state index < -0.39 is 66.4 Å². The first-order valence-corrected chi connectivity index (χ1v) is 11.8. The molecule has 0 aliphatic heterocycles. The Hall–Kier alpha value is -4.29. The molecule has 5 atom stereocenters. The van der Waals surface area contributed by atoms with Crippen LogP contribution in [0.1, 0.15) is 24.5 Å². The number of hydrogen-bond acceptors (Lipinski definition) is 7. The summed E-state index contributed by atoms with van der Waals surface area (Å²) in [5.74, 6) is -5.60. The van der Waals surface area contributed by atoms with Gasteiger partial charge in [0, 0.05) is 6.42 Å². The summed E-state index contributed by atoms with van der Waals surface area (Å²) in [6, 6.07) is 11.6. The molecule has 5 unspecified atom stereocenters. The molecule has 0 radical (unpaired) electrons. The summed E-state index contributed by atoms with van der Waals surface area (Å²) < 4.78 is 0. The number of rotatable bonds is 14. The van der Waals surface area contributed by atoms with Crippen LogP contribution < -0.4 is 21.7 Å². The van der Waals surface area contributed by atoms with Crippen LogP contribution in [-0.4, -0.2) is 75.3 Å². The largest absolute Gasteiger partial charge is 0.481 e. The van der Waals surface area contributed by atoms with E-state index in [9.17, 15) is 39.3 Å². The zero-order chi connectivity index (χ0) is 28.2. The van der Waals surface area contributed by atoms with Crippen molar-refractivity contribution in [2.24, 2.45) is 5.73 Å². The number of amides is 3. The monoisotopic (exact) mass is 528 g/mol. The second-order valence-electron chi connectivity index (χ2n) is 8.77. The molecule has 12 nitrogen and oxygen atoms in total. The van der Waals surface area contributed by atoms with Crippen molar-refractivity contribution >= 4 is 29.7 Å². The first-order valence-electron chi connectivity index (χ1n) is 11.8. The normalized spacial score (nSPS) is 14.7. The number of carboxylic acids is 2. The zero-order valence-corrected chi connectivity index (χ0v) is 20.7. The highest BCUT2D eigenvalue weighted by atomic mass is 16.4. The lowest BCUT2D eigenvalue weighted by molar-refractivity contribution is -0.144. The van der Waals surface area contributed by atoms with Crippen LogP contribution in [0.3, 0.4) is 0 Å². The van der Waals surface area contributed by atoms with Gasteiger partial charge in [0.15, 0.2) is 0 Å². The molecule has 0 heterocycles. The Morgan fingerprint density at radius 2 is 1.24 bits per heavy atom. The van der Waals surface area contributed by atoms with Gasteiger partial charge in [-0.1, -0.05) is 60.7 Å². The minimum atomic E-state index is -1.63. The molecule has 12 heteroatoms. The Bertz CT molecular complexity index is 1110. The molecular formula is C26H32N4O8. The number of aliphatic carboxylic acids is 2. The van der Waals surface area contributed by atoms with Crippen LogP contribution in [0.25, 0.3) is 0 Å². The molecule has 0 aliphatic carbocycles. The van der Waals surface area contributed by atoms with Crippen molar-refractivity contribution in [2.45, 2.75) is 56.5 Å². The van der Waals surface area contributed by atoms with Gasteiger partial charge in [0.2, 0.25) is 17.7 Å². The van der Waals surface area contributed by atoms with Gasteiger partial charge >= 0.3 is 11.9 Å². The molecule has 0 saturated carbocycles. The smallest absolute Gasteiger partial charge is 0.326 e. The standard InChI is InChI=1S/C26H32N4O8/c1-15(31)22(25(36)29-20(26(37)38)13-17-10-6-3-7-11-17)30-24(35)19(14-21(32)33)28-23(34)18(27)12-16-8-4-2-5-9-16/h2-11,15,18-20,22,31H,12-14,27H2,1H3,(H,28,34)(H,29,36)(H,30,35)(H,32,33)(H,37,38). The Kier molecular flexibility index (Phi) is 11.4. The molecule has 204 valence electrons. The quantitative estimate of drug-likeness (QED) is 0.163. The minimum absolute atomic E-state index is 0.0562. The van der Waals surface area contributed by atoms with Crippen molar-refractivity contribution in [3.63, 3.8) is 0 Å². The summed E-state index contributed by atoms with van der Waals surface area (Å²) in [7, 11) is 0. The van der Waals surface area contributed by atoms with Crippen molar-refractivity contribution in [1.82, 2.24) is 16.0 Å². The third-order valence-electron chi connectivity index (χ3n) is 5.61. The Morgan fingerprint density at radius 1 is 0.737 bits per heavy atom. The SMILES string of the molecule is CC(O)C(NC(=O)C(CC(=O)O)NC(=O)C(N)Cc1ccccc1)C(=O)NC(Cc1ccccc1)C(=O)O. The molecule has 8 N–H and O–H groups in total. The van der Waals surface area contributed by atoms with Crippen molar-refractivity contribution in [2.75, 3.05) is 0 Å². The third-order valence-corrected chi connectivity index (χ3v) is 5.61. The summed E-state index contributed by atoms with van der Waals surface area (Å²) in [6.07, 6.45) is -2.23. The highest BCUT2D eigenvalue weighted by Gasteiger charge is 2.33. The van der Waals surface area contributed by atoms with Crippen LogP contribution in [-0.2, 0) is 36.8 Å². The van der Waals surface area contributed by atoms with E-state index in [0.717, 1.165) is 5.56 Å². The summed E-state index contributed by atoms with van der Waals surface area (Å²) in [5, 5.41) is 35.7. The van der Waals surface area contributed by atoms with E-state index in [1.54, 1.807) is 60.7 Å². The summed E-state index contributed by atoms with van der Waals surface area (Å²) in [4.78, 5) is 61.4. The van der Waals surface area contributed by atoms with Gasteiger partial charge in [-0.3, -0.25) is 19.2 Å². The fourth-order valence-corrected chi connectivity index (χ4v) is 3.59. The van der Waals surface area contributed by atoms with Gasteiger partial charge < -0.3 is 37.0 Å². The molecule has 38 heavy (non-hydrogen) atoms. The van der Waals surface area contributed by atoms with Crippen molar-refractivity contribution < 1.29 is 39.3 Å². The lowest BCUT2D eigenvalue weighted by atomic mass is 10.0. The maximum atomic E-state index is 12.9. The number of benzene rings is 2. The number of carbonyl (C=O) groups excluding carboxylic acids is 3. The van der Waals surface area contributed by atoms with E-state index in [0.29, 0.717) is 5.56 Å². The number of nitrogens with one attached hydrogen (secondary N) is 3. The number of aliphatic hydroxyl groups is 1. The van der Waals surface area contributed by atoms with E-state index in [1.807, 2.05) is 0 Å². The first kappa shape index (κ1) is 29.9. The fraction of sp³-hybridized carbons (Fsp3) is 0.346. The topological polar surface area (TPSA) is 208 Å². The predicted octanol–water partition coefficient (Wildman–Crippen LogP) is -0.806. The van der Waals surface area contributed by atoms with E-state index >= 15 is 0 Å². The second kappa shape index (κ2) is 14.4. The van der Waals surface area contributed by atoms with E-state index in [-0.39, 0.29) is 12.8 Å². The zero-order valence-electron chi connectivity index (χ0n) is 20.7. The average Bonchev–Trinajstić information content (AvgIpc) is 2.86. The van der Waals surface area contributed by atoms with Crippen LogP contribution in [0.4, 0.5) is 0 Å². The summed E-state index contributed by atoms with van der Waals surface area (Å²) in [6.45, 7) is 1.19. The number of carboxylic acid groups (broad SMARTS) is 2. The van der Waals surface area contributed by atoms with Gasteiger partial charge in [-0.15, -0.1) is 0 Å². The molecule has 0 bridgehead atoms. The van der Waals surface area contributed by atoms with Gasteiger partial charge in [0.25, 0.3) is 0 Å². The Morgan fingerprint density at radius 3 is 1.71 bits per heavy atom. The van der Waals surface area contributed by atoms with Gasteiger partial charge in [-0.25, -0.2) is 4.79 Å². The minimum Gasteiger partial charge on any atom is -0.481 e. The first-order chi connectivity index (χ1) is 18.0. The third kappa shape index (κ3) is 9.64. The number of nitrogens with two attached hydrogens (primary N) is 1. The second-order valence-corrected chi connectivity index (χ2v) is 8.77. The van der Waals surface area contributed by atoms with Crippen molar-refractivity contribution in [1.29, 1.82) is 0 Å². The molecule has 0 aliphatic rings. The molecule has 3 amide bonds. The van der Waals surface area contributed by atoms with Crippen molar-refractivity contribution in [3.05, 3.63) is 71.8 Å². The Labute approximate surface area is 219 Å². The van der Waals surface area contributed by atoms with Gasteiger partial charge in [0.1, 0.15) is 18.1 Å². The maximum Gasteiger partial charge on any atom is 0.326 e. The molecule has 0 aromatic heterocycles. The van der Waals surface area contributed by atoms with Gasteiger partial charge in [-0.05, 0) is 24.5 Å². The molecule has 0 saturated heterocycles. The number of aliphatic hydroxyl groups excluding tert-OH is 1. The highest BCUT2D eigenvalue weighted by molar-refractivity contribution is 5.96. The number of hydrogen-bond donors (Lipinski definition) is 7. The lowest BCUT2D eigenvalue weighted by Crippen LogP contribution is -2.60. The molecule has 2 aromatic rings. The maximum absolute atomic E-state index is 12.9. The number of carbonyl (C=O) groups is 5. The van der Waals surface area contributed by atoms with Crippen molar-refractivity contribution in [3.8, 4) is 0 Å². The van der Waals surface area contributed by atoms with Crippen LogP contribution in [0.15, 0.2) is 60.7 Å². The molecule has 0 fully saturated rings. The molecule has 0 spiro atoms. The fourth-order valence-electron chi connectivity index (χ4n) is 3.59. The highest BCUT2D eigenvalue weighted by Crippen LogP contribution is 2.06. The average molecular weight is 529 g/mol. The summed E-state index contributed by atoms with van der Waals surface area (Å²) in [5.41, 5.74) is 7.31. The van der Waals surface area contributed by atoms with Crippen LogP contribution in [0, 0.1) is 0 Å². The summed E-state index contributed by atoms with van der Waals surface area (Å²) >= 11 is 0. The van der Waals surface area contributed by atoms with Crippen LogP contribution in [0.2, 0.25) is 0 Å². The van der Waals surface area contributed by atoms with Gasteiger partial charge in [0.05, 0.1) is 18.6 Å². The predicted molar refractivity (Wildman–Crippen MR) is 136 cm³/mol. The molecular weight excluding hydrogens is 496 g/mol. The van der Waals surface area contributed by atoms with E-state index in [4.69, 9.17) is 5.73 Å².